The smallest absolute Gasteiger partial charge is 0.191 e. The van der Waals surface area contributed by atoms with Gasteiger partial charge in [0.2, 0.25) is 0 Å². The van der Waals surface area contributed by atoms with Gasteiger partial charge in [0, 0.05) is 30.0 Å². The molecule has 0 atom stereocenters. The molecular weight excluding hydrogens is 409 g/mol. The van der Waals surface area contributed by atoms with Crippen LogP contribution in [0.1, 0.15) is 23.6 Å². The van der Waals surface area contributed by atoms with E-state index >= 15 is 0 Å². The second-order valence-electron chi connectivity index (χ2n) is 6.77. The van der Waals surface area contributed by atoms with Crippen LogP contribution in [-0.4, -0.2) is 39.5 Å². The van der Waals surface area contributed by atoms with E-state index in [1.54, 1.807) is 11.8 Å². The van der Waals surface area contributed by atoms with E-state index in [1.807, 2.05) is 6.92 Å². The Balaban J connectivity index is 1.97. The minimum absolute atomic E-state index is 0.130. The van der Waals surface area contributed by atoms with Crippen molar-refractivity contribution < 1.29 is 12.8 Å². The molecule has 29 heavy (non-hydrogen) atoms. The van der Waals surface area contributed by atoms with Crippen LogP contribution in [0.3, 0.4) is 0 Å². The molecule has 158 valence electrons. The zero-order valence-electron chi connectivity index (χ0n) is 17.0. The van der Waals surface area contributed by atoms with E-state index in [2.05, 4.69) is 46.8 Å². The molecule has 0 unspecified atom stereocenters. The van der Waals surface area contributed by atoms with E-state index < -0.39 is 15.7 Å². The number of aliphatic imine (C=N–C) groups is 1. The van der Waals surface area contributed by atoms with Gasteiger partial charge in [-0.05, 0) is 49.2 Å². The molecule has 0 bridgehead atoms. The summed E-state index contributed by atoms with van der Waals surface area (Å²) in [7, 11) is -3.21. The SMILES string of the molecule is CCNC(=NCc1cc(F)ccc1CS(C)(=O)=O)NCCSc1ccc(C)cc1. The second-order valence-corrected chi connectivity index (χ2v) is 10.1. The molecule has 8 heteroatoms. The van der Waals surface area contributed by atoms with Crippen LogP contribution in [0.15, 0.2) is 52.4 Å². The van der Waals surface area contributed by atoms with Crippen molar-refractivity contribution in [1.82, 2.24) is 10.6 Å². The molecule has 0 amide bonds. The number of halogens is 1. The molecule has 0 saturated carbocycles. The van der Waals surface area contributed by atoms with Crippen LogP contribution in [0, 0.1) is 12.7 Å². The lowest BCUT2D eigenvalue weighted by Crippen LogP contribution is -2.38. The predicted octanol–water partition coefficient (Wildman–Crippen LogP) is 3.53. The molecule has 0 saturated heterocycles. The second kappa shape index (κ2) is 11.2. The molecule has 0 aromatic heterocycles. The number of guanidine groups is 1. The quantitative estimate of drug-likeness (QED) is 0.272. The summed E-state index contributed by atoms with van der Waals surface area (Å²) in [5.74, 6) is 0.952. The molecule has 5 nitrogen and oxygen atoms in total. The first-order chi connectivity index (χ1) is 13.8. The Morgan fingerprint density at radius 3 is 2.48 bits per heavy atom. The first-order valence-corrected chi connectivity index (χ1v) is 12.5. The highest BCUT2D eigenvalue weighted by Gasteiger charge is 2.10. The van der Waals surface area contributed by atoms with E-state index in [4.69, 9.17) is 0 Å². The third kappa shape index (κ3) is 8.87. The maximum Gasteiger partial charge on any atom is 0.191 e. The molecule has 0 fully saturated rings. The first-order valence-electron chi connectivity index (χ1n) is 9.43. The van der Waals surface area contributed by atoms with Gasteiger partial charge in [0.1, 0.15) is 5.82 Å². The number of thioether (sulfide) groups is 1. The Labute approximate surface area is 177 Å². The maximum atomic E-state index is 13.7. The summed E-state index contributed by atoms with van der Waals surface area (Å²) < 4.78 is 36.9. The summed E-state index contributed by atoms with van der Waals surface area (Å²) >= 11 is 1.75. The minimum atomic E-state index is -3.21. The largest absolute Gasteiger partial charge is 0.357 e. The summed E-state index contributed by atoms with van der Waals surface area (Å²) in [6.45, 7) is 5.63. The molecule has 0 aliphatic heterocycles. The van der Waals surface area contributed by atoms with Crippen LogP contribution in [0.4, 0.5) is 4.39 Å². The zero-order chi connectivity index (χ0) is 21.3. The van der Waals surface area contributed by atoms with Crippen molar-refractivity contribution in [3.8, 4) is 0 Å². The van der Waals surface area contributed by atoms with Crippen molar-refractivity contribution in [2.75, 3.05) is 25.1 Å². The fourth-order valence-corrected chi connectivity index (χ4v) is 4.26. The van der Waals surface area contributed by atoms with Gasteiger partial charge >= 0.3 is 0 Å². The molecule has 0 aliphatic rings. The first kappa shape index (κ1) is 23.2. The molecule has 0 radical (unpaired) electrons. The summed E-state index contributed by atoms with van der Waals surface area (Å²) in [5, 5.41) is 6.42. The summed E-state index contributed by atoms with van der Waals surface area (Å²) in [5.41, 5.74) is 2.38. The van der Waals surface area contributed by atoms with Crippen molar-refractivity contribution in [2.45, 2.75) is 31.0 Å². The van der Waals surface area contributed by atoms with E-state index in [1.165, 1.54) is 34.9 Å². The van der Waals surface area contributed by atoms with Gasteiger partial charge in [0.05, 0.1) is 12.3 Å². The van der Waals surface area contributed by atoms with Gasteiger partial charge in [-0.15, -0.1) is 11.8 Å². The molecule has 2 rings (SSSR count). The van der Waals surface area contributed by atoms with Gasteiger partial charge in [0.25, 0.3) is 0 Å². The van der Waals surface area contributed by atoms with Crippen LogP contribution in [0.5, 0.6) is 0 Å². The molecule has 0 spiro atoms. The van der Waals surface area contributed by atoms with E-state index in [0.29, 0.717) is 30.2 Å². The lowest BCUT2D eigenvalue weighted by molar-refractivity contribution is 0.600. The van der Waals surface area contributed by atoms with Crippen LogP contribution in [0.25, 0.3) is 0 Å². The number of sulfone groups is 1. The van der Waals surface area contributed by atoms with E-state index in [-0.39, 0.29) is 12.3 Å². The lowest BCUT2D eigenvalue weighted by atomic mass is 10.1. The number of aryl methyl sites for hydroxylation is 1. The predicted molar refractivity (Wildman–Crippen MR) is 120 cm³/mol. The number of rotatable bonds is 9. The van der Waals surface area contributed by atoms with Gasteiger partial charge < -0.3 is 10.6 Å². The Hall–Kier alpha value is -2.06. The van der Waals surface area contributed by atoms with Gasteiger partial charge in [-0.1, -0.05) is 23.8 Å². The average Bonchev–Trinajstić information content (AvgIpc) is 2.65. The van der Waals surface area contributed by atoms with Crippen molar-refractivity contribution in [1.29, 1.82) is 0 Å². The van der Waals surface area contributed by atoms with Gasteiger partial charge in [-0.3, -0.25) is 0 Å². The molecule has 2 aromatic rings. The number of hydrogen-bond acceptors (Lipinski definition) is 4. The van der Waals surface area contributed by atoms with Gasteiger partial charge in [0.15, 0.2) is 15.8 Å². The molecule has 0 heterocycles. The summed E-state index contributed by atoms with van der Waals surface area (Å²) in [6.07, 6.45) is 1.17. The zero-order valence-corrected chi connectivity index (χ0v) is 18.7. The van der Waals surface area contributed by atoms with Crippen molar-refractivity contribution >= 4 is 27.6 Å². The lowest BCUT2D eigenvalue weighted by Gasteiger charge is -2.12. The van der Waals surface area contributed by atoms with Crippen molar-refractivity contribution in [2.24, 2.45) is 4.99 Å². The average molecular weight is 438 g/mol. The maximum absolute atomic E-state index is 13.7. The standard InChI is InChI=1S/C21H28FN3O2S2/c1-4-23-21(24-11-12-28-20-9-5-16(2)6-10-20)25-14-18-13-19(22)8-7-17(18)15-29(3,26)27/h5-10,13H,4,11-12,14-15H2,1-3H3,(H2,23,24,25). The number of benzene rings is 2. The van der Waals surface area contributed by atoms with Crippen LogP contribution >= 0.6 is 11.8 Å². The van der Waals surface area contributed by atoms with Crippen LogP contribution < -0.4 is 10.6 Å². The van der Waals surface area contributed by atoms with Crippen molar-refractivity contribution in [3.05, 3.63) is 65.0 Å². The van der Waals surface area contributed by atoms with Crippen LogP contribution in [-0.2, 0) is 22.1 Å². The number of nitrogens with one attached hydrogen (secondary N) is 2. The van der Waals surface area contributed by atoms with Gasteiger partial charge in [-0.25, -0.2) is 17.8 Å². The van der Waals surface area contributed by atoms with E-state index in [0.717, 1.165) is 5.75 Å². The fourth-order valence-electron chi connectivity index (χ4n) is 2.64. The fraction of sp³-hybridized carbons (Fsp3) is 0.381. The Kier molecular flexibility index (Phi) is 8.98. The molecule has 2 N–H and O–H groups in total. The topological polar surface area (TPSA) is 70.6 Å². The third-order valence-corrected chi connectivity index (χ3v) is 5.87. The van der Waals surface area contributed by atoms with Crippen molar-refractivity contribution in [3.63, 3.8) is 0 Å². The Bertz CT molecular complexity index is 929. The number of nitrogens with zero attached hydrogens (tertiary/aromatic N) is 1. The number of hydrogen-bond donors (Lipinski definition) is 2. The molecule has 2 aromatic carbocycles. The monoisotopic (exact) mass is 437 g/mol. The Morgan fingerprint density at radius 2 is 1.83 bits per heavy atom. The Morgan fingerprint density at radius 1 is 1.10 bits per heavy atom. The highest BCUT2D eigenvalue weighted by atomic mass is 32.2. The third-order valence-electron chi connectivity index (χ3n) is 4.02. The van der Waals surface area contributed by atoms with Gasteiger partial charge in [-0.2, -0.15) is 0 Å². The molecular formula is C21H28FN3O2S2. The summed E-state index contributed by atoms with van der Waals surface area (Å²) in [6, 6.07) is 12.5. The van der Waals surface area contributed by atoms with Crippen LogP contribution in [0.2, 0.25) is 0 Å². The summed E-state index contributed by atoms with van der Waals surface area (Å²) in [4.78, 5) is 5.71. The molecule has 0 aliphatic carbocycles. The van der Waals surface area contributed by atoms with E-state index in [9.17, 15) is 12.8 Å². The normalized spacial score (nSPS) is 12.1. The minimum Gasteiger partial charge on any atom is -0.357 e. The highest BCUT2D eigenvalue weighted by molar-refractivity contribution is 7.99. The highest BCUT2D eigenvalue weighted by Crippen LogP contribution is 2.18.